The van der Waals surface area contributed by atoms with E-state index in [0.717, 1.165) is 55.9 Å². The molecule has 5 atom stereocenters. The summed E-state index contributed by atoms with van der Waals surface area (Å²) < 4.78 is 50.0. The van der Waals surface area contributed by atoms with Crippen molar-refractivity contribution in [3.8, 4) is 0 Å². The molecule has 3 aromatic rings. The number of nitrogens with zero attached hydrogens (tertiary/aromatic N) is 3. The molecule has 1 aliphatic carbocycles. The largest absolute Gasteiger partial charge is 0.495 e. The topological polar surface area (TPSA) is 80.7 Å². The van der Waals surface area contributed by atoms with Crippen molar-refractivity contribution in [2.24, 2.45) is 10.9 Å². The molecule has 11 heteroatoms. The van der Waals surface area contributed by atoms with Crippen molar-refractivity contribution < 1.29 is 22.6 Å². The number of halogens is 3. The number of aromatic nitrogens is 2. The van der Waals surface area contributed by atoms with Crippen molar-refractivity contribution in [2.45, 2.75) is 69.3 Å². The minimum absolute atomic E-state index is 0.0696. The summed E-state index contributed by atoms with van der Waals surface area (Å²) in [6.07, 6.45) is 3.69. The zero-order chi connectivity index (χ0) is 29.7. The van der Waals surface area contributed by atoms with Crippen LogP contribution >= 0.6 is 11.3 Å². The molecule has 2 aromatic heterocycles. The second-order valence-corrected chi connectivity index (χ2v) is 12.4. The molecule has 42 heavy (non-hydrogen) atoms. The van der Waals surface area contributed by atoms with Gasteiger partial charge in [-0.15, -0.1) is 11.3 Å². The Hall–Kier alpha value is -3.02. The second-order valence-electron chi connectivity index (χ2n) is 11.3. The molecule has 226 valence electrons. The van der Waals surface area contributed by atoms with Crippen LogP contribution in [0.2, 0.25) is 0 Å². The number of allylic oxidation sites excluding steroid dienone is 2. The van der Waals surface area contributed by atoms with Crippen LogP contribution in [0.15, 0.2) is 53.5 Å². The van der Waals surface area contributed by atoms with E-state index < -0.39 is 12.6 Å². The molecule has 0 bridgehead atoms. The maximum atomic E-state index is 12.9. The first-order valence-electron chi connectivity index (χ1n) is 14.4. The summed E-state index contributed by atoms with van der Waals surface area (Å²) in [6, 6.07) is 10.7. The van der Waals surface area contributed by atoms with E-state index in [1.807, 2.05) is 0 Å². The summed E-state index contributed by atoms with van der Waals surface area (Å²) in [4.78, 5) is 13.8. The first kappa shape index (κ1) is 30.4. The fourth-order valence-corrected chi connectivity index (χ4v) is 6.95. The van der Waals surface area contributed by atoms with Crippen LogP contribution in [0.25, 0.3) is 10.2 Å². The van der Waals surface area contributed by atoms with Crippen LogP contribution in [-0.2, 0) is 22.3 Å². The third-order valence-electron chi connectivity index (χ3n) is 8.11. The molecular formula is C31H38F3N5O2S. The maximum absolute atomic E-state index is 12.9. The van der Waals surface area contributed by atoms with E-state index >= 15 is 0 Å². The number of benzene rings is 1. The lowest BCUT2D eigenvalue weighted by atomic mass is 9.86. The van der Waals surface area contributed by atoms with Crippen molar-refractivity contribution in [3.63, 3.8) is 0 Å². The number of anilines is 1. The lowest BCUT2D eigenvalue weighted by molar-refractivity contribution is -0.126. The monoisotopic (exact) mass is 601 g/mol. The molecule has 1 aliphatic heterocycles. The van der Waals surface area contributed by atoms with Gasteiger partial charge in [0, 0.05) is 36.5 Å². The minimum Gasteiger partial charge on any atom is -0.495 e. The highest BCUT2D eigenvalue weighted by Gasteiger charge is 2.31. The molecule has 3 heterocycles. The van der Waals surface area contributed by atoms with E-state index in [1.54, 1.807) is 26.5 Å². The number of hydrogen-bond donors (Lipinski definition) is 2. The number of alkyl halides is 3. The van der Waals surface area contributed by atoms with Crippen molar-refractivity contribution in [3.05, 3.63) is 64.5 Å². The van der Waals surface area contributed by atoms with Gasteiger partial charge in [-0.05, 0) is 61.4 Å². The van der Waals surface area contributed by atoms with E-state index in [9.17, 15) is 13.2 Å². The van der Waals surface area contributed by atoms with Crippen LogP contribution in [0.4, 0.5) is 19.0 Å². The number of fused-ring (bicyclic) bond motifs is 1. The van der Waals surface area contributed by atoms with Crippen molar-refractivity contribution in [2.75, 3.05) is 32.6 Å². The van der Waals surface area contributed by atoms with E-state index in [4.69, 9.17) is 9.47 Å². The van der Waals surface area contributed by atoms with Gasteiger partial charge in [-0.1, -0.05) is 31.2 Å². The molecule has 1 fully saturated rings. The average Bonchev–Trinajstić information content (AvgIpc) is 3.27. The second kappa shape index (κ2) is 13.5. The van der Waals surface area contributed by atoms with E-state index in [1.165, 1.54) is 17.5 Å². The Balaban J connectivity index is 1.18. The van der Waals surface area contributed by atoms with Crippen LogP contribution < -0.4 is 10.6 Å². The molecule has 2 unspecified atom stereocenters. The molecule has 5 rings (SSSR count). The van der Waals surface area contributed by atoms with Gasteiger partial charge in [0.2, 0.25) is 0 Å². The third kappa shape index (κ3) is 7.87. The molecule has 0 spiro atoms. The molecule has 2 aliphatic rings. The molecule has 0 radical (unpaired) electrons. The molecule has 0 saturated heterocycles. The SMILES string of the molecule is COC1=CC(c2ccc(CCN[C@@H]3C[C@H](Nc4ncnc5sc(CC(F)(F)F)cc45)C[C@H](OC)C3)cc2)C(C)CN=C1. The molecule has 1 saturated carbocycles. The number of thiophene rings is 1. The standard InChI is InChI=1S/C31H38F3N5O2S/c1-19-16-35-17-25(41-3)13-27(19)21-6-4-20(5-7-21)8-9-36-22-10-23(12-24(11-22)40-2)39-29-28-14-26(15-31(32,33)34)42-30(28)38-18-37-29/h4-7,13-14,17-19,22-24,27,36H,8-12,15-16H2,1-3H3,(H,37,38,39)/t19?,22-,23+,24-,27?/m1/s1. The summed E-state index contributed by atoms with van der Waals surface area (Å²) in [6.45, 7) is 3.82. The quantitative estimate of drug-likeness (QED) is 0.284. The van der Waals surface area contributed by atoms with Gasteiger partial charge in [-0.2, -0.15) is 13.2 Å². The normalized spacial score (nSPS) is 24.8. The van der Waals surface area contributed by atoms with Crippen LogP contribution in [-0.4, -0.2) is 67.9 Å². The Morgan fingerprint density at radius 2 is 1.83 bits per heavy atom. The predicted molar refractivity (Wildman–Crippen MR) is 162 cm³/mol. The van der Waals surface area contributed by atoms with Crippen LogP contribution in [0.3, 0.4) is 0 Å². The fourth-order valence-electron chi connectivity index (χ4n) is 5.92. The molecule has 1 aromatic carbocycles. The van der Waals surface area contributed by atoms with Gasteiger partial charge in [0.15, 0.2) is 0 Å². The summed E-state index contributed by atoms with van der Waals surface area (Å²) in [7, 11) is 3.40. The van der Waals surface area contributed by atoms with Gasteiger partial charge < -0.3 is 20.1 Å². The van der Waals surface area contributed by atoms with Crippen molar-refractivity contribution in [1.82, 2.24) is 15.3 Å². The van der Waals surface area contributed by atoms with E-state index in [-0.39, 0.29) is 29.0 Å². The first-order valence-corrected chi connectivity index (χ1v) is 15.2. The first-order chi connectivity index (χ1) is 20.2. The minimum atomic E-state index is -4.26. The summed E-state index contributed by atoms with van der Waals surface area (Å²) in [5.41, 5.74) is 2.53. The summed E-state index contributed by atoms with van der Waals surface area (Å²) >= 11 is 1.06. The van der Waals surface area contributed by atoms with Gasteiger partial charge in [0.1, 0.15) is 22.7 Å². The summed E-state index contributed by atoms with van der Waals surface area (Å²) in [5, 5.41) is 7.83. The maximum Gasteiger partial charge on any atom is 0.393 e. The zero-order valence-electron chi connectivity index (χ0n) is 24.2. The highest BCUT2D eigenvalue weighted by atomic mass is 32.1. The Labute approximate surface area is 248 Å². The van der Waals surface area contributed by atoms with Gasteiger partial charge >= 0.3 is 6.18 Å². The number of ether oxygens (including phenoxy) is 2. The number of methoxy groups -OCH3 is 2. The van der Waals surface area contributed by atoms with Crippen LogP contribution in [0.1, 0.15) is 48.1 Å². The van der Waals surface area contributed by atoms with Crippen molar-refractivity contribution in [1.29, 1.82) is 0 Å². The van der Waals surface area contributed by atoms with Crippen molar-refractivity contribution >= 4 is 33.6 Å². The Kier molecular flexibility index (Phi) is 9.80. The lowest BCUT2D eigenvalue weighted by Gasteiger charge is -2.35. The Bertz CT molecular complexity index is 1390. The lowest BCUT2D eigenvalue weighted by Crippen LogP contribution is -2.45. The molecule has 0 amide bonds. The average molecular weight is 602 g/mol. The third-order valence-corrected chi connectivity index (χ3v) is 9.15. The number of hydrogen-bond acceptors (Lipinski definition) is 8. The van der Waals surface area contributed by atoms with Gasteiger partial charge in [-0.3, -0.25) is 4.99 Å². The smallest absolute Gasteiger partial charge is 0.393 e. The fraction of sp³-hybridized carbons (Fsp3) is 0.516. The Morgan fingerprint density at radius 3 is 2.57 bits per heavy atom. The molecule has 2 N–H and O–H groups in total. The highest BCUT2D eigenvalue weighted by molar-refractivity contribution is 7.18. The van der Waals surface area contributed by atoms with Gasteiger partial charge in [0.05, 0.1) is 31.2 Å². The van der Waals surface area contributed by atoms with E-state index in [2.05, 4.69) is 62.9 Å². The van der Waals surface area contributed by atoms with Crippen LogP contribution in [0, 0.1) is 5.92 Å². The van der Waals surface area contributed by atoms with Crippen LogP contribution in [0.5, 0.6) is 0 Å². The zero-order valence-corrected chi connectivity index (χ0v) is 25.0. The summed E-state index contributed by atoms with van der Waals surface area (Å²) in [5.74, 6) is 2.03. The number of rotatable bonds is 10. The highest BCUT2D eigenvalue weighted by Crippen LogP contribution is 2.34. The van der Waals surface area contributed by atoms with Gasteiger partial charge in [0.25, 0.3) is 0 Å². The molecule has 7 nitrogen and oxygen atoms in total. The number of aliphatic imine (C=N–C) groups is 1. The molecular weight excluding hydrogens is 563 g/mol. The van der Waals surface area contributed by atoms with E-state index in [0.29, 0.717) is 22.0 Å². The predicted octanol–water partition coefficient (Wildman–Crippen LogP) is 6.31. The number of nitrogens with one attached hydrogen (secondary N) is 2. The van der Waals surface area contributed by atoms with Gasteiger partial charge in [-0.25, -0.2) is 9.97 Å². The Morgan fingerprint density at radius 1 is 1.05 bits per heavy atom.